The molecule has 1 aliphatic rings. The zero-order valence-electron chi connectivity index (χ0n) is 25.4. The van der Waals surface area contributed by atoms with Gasteiger partial charge in [-0.2, -0.15) is 13.4 Å². The highest BCUT2D eigenvalue weighted by Crippen LogP contribution is 2.46. The molecule has 2 N–H and O–H groups in total. The van der Waals surface area contributed by atoms with Gasteiger partial charge in [-0.25, -0.2) is 0 Å². The molecule has 4 aromatic rings. The van der Waals surface area contributed by atoms with Gasteiger partial charge in [0.05, 0.1) is 20.6 Å². The van der Waals surface area contributed by atoms with Crippen LogP contribution >= 0.6 is 11.6 Å². The topological polar surface area (TPSA) is 141 Å². The number of ether oxygens (including phenoxy) is 2. The van der Waals surface area contributed by atoms with Crippen molar-refractivity contribution < 1.29 is 31.8 Å². The van der Waals surface area contributed by atoms with Gasteiger partial charge in [0.15, 0.2) is 0 Å². The van der Waals surface area contributed by atoms with E-state index in [1.165, 1.54) is 14.2 Å². The maximum Gasteiger partial charge on any atom is 0.275 e. The van der Waals surface area contributed by atoms with Crippen molar-refractivity contribution in [2.75, 3.05) is 19.5 Å². The van der Waals surface area contributed by atoms with Crippen molar-refractivity contribution in [1.82, 2.24) is 10.1 Å². The number of aromatic nitrogens is 2. The molecule has 1 aromatic heterocycles. The standard InChI is InChI=1S/C33H36ClN3O7S/c1-4-5-16-33(45(39,40)41,20-23-12-14-25(42-2)19-29(23)43-3)27-18-24(35-30(38)17-22-8-6-7-9-28(22)34)13-15-26(27)31-36-32(44-37-31)21-10-11-21/h6-9,12-15,18-19,21H,4-5,10-11,16-17,20H2,1-3H3,(H,35,38)(H,39,40,41). The second-order valence-corrected chi connectivity index (χ2v) is 13.4. The van der Waals surface area contributed by atoms with Crippen molar-refractivity contribution in [3.63, 3.8) is 0 Å². The van der Waals surface area contributed by atoms with Gasteiger partial charge in [-0.05, 0) is 66.3 Å². The van der Waals surface area contributed by atoms with Crippen molar-refractivity contribution in [2.24, 2.45) is 0 Å². The molecule has 1 atom stereocenters. The molecule has 0 aliphatic heterocycles. The van der Waals surface area contributed by atoms with Crippen LogP contribution in [0.15, 0.2) is 65.2 Å². The number of rotatable bonds is 14. The molecule has 1 unspecified atom stereocenters. The van der Waals surface area contributed by atoms with Crippen LogP contribution in [0, 0.1) is 0 Å². The van der Waals surface area contributed by atoms with Gasteiger partial charge in [-0.15, -0.1) is 0 Å². The summed E-state index contributed by atoms with van der Waals surface area (Å²) >= 11 is 6.28. The summed E-state index contributed by atoms with van der Waals surface area (Å²) in [5, 5.41) is 7.53. The van der Waals surface area contributed by atoms with E-state index in [0.29, 0.717) is 57.6 Å². The van der Waals surface area contributed by atoms with Crippen molar-refractivity contribution in [3.05, 3.63) is 88.3 Å². The fraction of sp³-hybridized carbons (Fsp3) is 0.364. The van der Waals surface area contributed by atoms with E-state index in [0.717, 1.165) is 12.8 Å². The van der Waals surface area contributed by atoms with Gasteiger partial charge in [0.2, 0.25) is 17.6 Å². The van der Waals surface area contributed by atoms with E-state index in [9.17, 15) is 17.8 Å². The molecule has 238 valence electrons. The van der Waals surface area contributed by atoms with E-state index >= 15 is 0 Å². The summed E-state index contributed by atoms with van der Waals surface area (Å²) in [6, 6.07) is 17.0. The lowest BCUT2D eigenvalue weighted by Gasteiger charge is -2.33. The van der Waals surface area contributed by atoms with Gasteiger partial charge in [0.1, 0.15) is 16.2 Å². The predicted octanol–water partition coefficient (Wildman–Crippen LogP) is 6.98. The van der Waals surface area contributed by atoms with E-state index in [-0.39, 0.29) is 42.5 Å². The molecule has 5 rings (SSSR count). The summed E-state index contributed by atoms with van der Waals surface area (Å²) in [5.74, 6) is 1.45. The van der Waals surface area contributed by atoms with Crippen LogP contribution in [-0.4, -0.2) is 43.2 Å². The minimum atomic E-state index is -4.82. The van der Waals surface area contributed by atoms with Crippen LogP contribution in [-0.2, 0) is 32.5 Å². The number of benzene rings is 3. The highest BCUT2D eigenvalue weighted by atomic mass is 35.5. The molecule has 45 heavy (non-hydrogen) atoms. The molecule has 0 bridgehead atoms. The summed E-state index contributed by atoms with van der Waals surface area (Å²) in [6.45, 7) is 1.94. The third kappa shape index (κ3) is 7.16. The Balaban J connectivity index is 1.66. The molecule has 12 heteroatoms. The van der Waals surface area contributed by atoms with Crippen LogP contribution in [0.5, 0.6) is 11.5 Å². The van der Waals surface area contributed by atoms with Gasteiger partial charge in [0.25, 0.3) is 10.1 Å². The number of nitrogens with one attached hydrogen (secondary N) is 1. The van der Waals surface area contributed by atoms with Crippen molar-refractivity contribution in [3.8, 4) is 22.9 Å². The Hall–Kier alpha value is -3.93. The van der Waals surface area contributed by atoms with Crippen LogP contribution in [0.4, 0.5) is 5.69 Å². The number of carbonyl (C=O) groups is 1. The van der Waals surface area contributed by atoms with Gasteiger partial charge >= 0.3 is 0 Å². The molecule has 10 nitrogen and oxygen atoms in total. The lowest BCUT2D eigenvalue weighted by atomic mass is 9.83. The van der Waals surface area contributed by atoms with Gasteiger partial charge in [-0.3, -0.25) is 9.35 Å². The van der Waals surface area contributed by atoms with E-state index in [4.69, 9.17) is 25.6 Å². The Kier molecular flexibility index (Phi) is 9.81. The Morgan fingerprint density at radius 2 is 1.87 bits per heavy atom. The van der Waals surface area contributed by atoms with Crippen molar-refractivity contribution in [1.29, 1.82) is 0 Å². The minimum absolute atomic E-state index is 0.00860. The monoisotopic (exact) mass is 653 g/mol. The highest BCUT2D eigenvalue weighted by molar-refractivity contribution is 7.86. The normalized spacial score (nSPS) is 14.5. The Morgan fingerprint density at radius 3 is 2.53 bits per heavy atom. The van der Waals surface area contributed by atoms with Gasteiger partial charge in [0, 0.05) is 34.7 Å². The highest BCUT2D eigenvalue weighted by Gasteiger charge is 2.47. The fourth-order valence-corrected chi connectivity index (χ4v) is 6.89. The maximum atomic E-state index is 13.7. The summed E-state index contributed by atoms with van der Waals surface area (Å²) in [4.78, 5) is 17.7. The minimum Gasteiger partial charge on any atom is -0.497 e. The number of unbranched alkanes of at least 4 members (excludes halogenated alkanes) is 1. The third-order valence-electron chi connectivity index (χ3n) is 8.11. The second kappa shape index (κ2) is 13.6. The molecular weight excluding hydrogens is 618 g/mol. The Labute approximate surface area is 267 Å². The van der Waals surface area contributed by atoms with Crippen LogP contribution in [0.2, 0.25) is 5.02 Å². The van der Waals surface area contributed by atoms with Crippen molar-refractivity contribution >= 4 is 33.3 Å². The molecule has 1 heterocycles. The first kappa shape index (κ1) is 32.5. The first-order chi connectivity index (χ1) is 21.6. The molecular formula is C33H36ClN3O7S. The average molecular weight is 654 g/mol. The Bertz CT molecular complexity index is 1790. The SMILES string of the molecule is CCCCC(Cc1ccc(OC)cc1OC)(c1cc(NC(=O)Cc2ccccc2Cl)ccc1-c1noc(C2CC2)n1)S(=O)(=O)O. The van der Waals surface area contributed by atoms with E-state index < -0.39 is 14.9 Å². The summed E-state index contributed by atoms with van der Waals surface area (Å²) in [5.41, 5.74) is 2.13. The summed E-state index contributed by atoms with van der Waals surface area (Å²) < 4.78 is 53.2. The number of amides is 1. The third-order valence-corrected chi connectivity index (χ3v) is 10.0. The zero-order chi connectivity index (χ0) is 32.2. The van der Waals surface area contributed by atoms with Gasteiger partial charge < -0.3 is 19.3 Å². The van der Waals surface area contributed by atoms with Crippen molar-refractivity contribution in [2.45, 2.75) is 62.5 Å². The van der Waals surface area contributed by atoms with Crippen LogP contribution in [0.1, 0.15) is 67.5 Å². The number of nitrogens with zero attached hydrogens (tertiary/aromatic N) is 2. The quantitative estimate of drug-likeness (QED) is 0.138. The average Bonchev–Trinajstić information content (AvgIpc) is 3.76. The molecule has 3 aromatic carbocycles. The molecule has 1 saturated carbocycles. The molecule has 1 aliphatic carbocycles. The van der Waals surface area contributed by atoms with Gasteiger partial charge in [-0.1, -0.05) is 60.8 Å². The number of hydrogen-bond acceptors (Lipinski definition) is 8. The number of anilines is 1. The fourth-order valence-electron chi connectivity index (χ4n) is 5.50. The second-order valence-electron chi connectivity index (χ2n) is 11.2. The first-order valence-electron chi connectivity index (χ1n) is 14.8. The molecule has 1 amide bonds. The summed E-state index contributed by atoms with van der Waals surface area (Å²) in [6.07, 6.45) is 2.94. The largest absolute Gasteiger partial charge is 0.497 e. The predicted molar refractivity (Wildman–Crippen MR) is 171 cm³/mol. The maximum absolute atomic E-state index is 13.7. The van der Waals surface area contributed by atoms with E-state index in [2.05, 4.69) is 15.5 Å². The lowest BCUT2D eigenvalue weighted by Crippen LogP contribution is -2.39. The number of methoxy groups -OCH3 is 2. The molecule has 1 fully saturated rings. The number of carbonyl (C=O) groups excluding carboxylic acids is 1. The Morgan fingerprint density at radius 1 is 1.09 bits per heavy atom. The van der Waals surface area contributed by atoms with Crippen LogP contribution < -0.4 is 14.8 Å². The zero-order valence-corrected chi connectivity index (χ0v) is 27.0. The first-order valence-corrected chi connectivity index (χ1v) is 16.6. The molecule has 0 saturated heterocycles. The van der Waals surface area contributed by atoms with Crippen LogP contribution in [0.25, 0.3) is 11.4 Å². The summed E-state index contributed by atoms with van der Waals surface area (Å²) in [7, 11) is -1.81. The lowest BCUT2D eigenvalue weighted by molar-refractivity contribution is -0.115. The molecule has 0 radical (unpaired) electrons. The van der Waals surface area contributed by atoms with E-state index in [1.807, 2.05) is 6.92 Å². The molecule has 0 spiro atoms. The van der Waals surface area contributed by atoms with Crippen LogP contribution in [0.3, 0.4) is 0 Å². The smallest absolute Gasteiger partial charge is 0.275 e. The van der Waals surface area contributed by atoms with E-state index in [1.54, 1.807) is 60.7 Å². The number of hydrogen-bond donors (Lipinski definition) is 2. The number of halogens is 1.